The predicted octanol–water partition coefficient (Wildman–Crippen LogP) is 3.69. The van der Waals surface area contributed by atoms with Gasteiger partial charge < -0.3 is 10.6 Å². The highest BCUT2D eigenvalue weighted by Gasteiger charge is 2.28. The zero-order valence-corrected chi connectivity index (χ0v) is 12.8. The Kier molecular flexibility index (Phi) is 4.15. The second-order valence-electron chi connectivity index (χ2n) is 5.53. The number of nitrogens with zero attached hydrogens (tertiary/aromatic N) is 1. The lowest BCUT2D eigenvalue weighted by molar-refractivity contribution is 0.647. The van der Waals surface area contributed by atoms with E-state index in [1.807, 2.05) is 24.8 Å². The molecule has 1 aliphatic rings. The SMILES string of the molecule is C[C@H](N)c1ccc(N2CCSC(C)(C)C2)c(Cl)c1. The van der Waals surface area contributed by atoms with Crippen molar-refractivity contribution in [2.24, 2.45) is 5.73 Å². The highest BCUT2D eigenvalue weighted by molar-refractivity contribution is 8.00. The van der Waals surface area contributed by atoms with Crippen molar-refractivity contribution in [3.63, 3.8) is 0 Å². The molecule has 18 heavy (non-hydrogen) atoms. The molecule has 0 aliphatic carbocycles. The van der Waals surface area contributed by atoms with Crippen molar-refractivity contribution in [1.82, 2.24) is 0 Å². The largest absolute Gasteiger partial charge is 0.368 e. The fraction of sp³-hybridized carbons (Fsp3) is 0.571. The van der Waals surface area contributed by atoms with Gasteiger partial charge in [0.05, 0.1) is 10.7 Å². The summed E-state index contributed by atoms with van der Waals surface area (Å²) in [6, 6.07) is 6.22. The standard InChI is InChI=1S/C14H21ClN2S/c1-10(16)11-4-5-13(12(15)8-11)17-6-7-18-14(2,3)9-17/h4-5,8,10H,6-7,9,16H2,1-3H3/t10-/m0/s1. The minimum atomic E-state index is 0.0323. The Morgan fingerprint density at radius 2 is 2.17 bits per heavy atom. The summed E-state index contributed by atoms with van der Waals surface area (Å²) in [7, 11) is 0. The van der Waals surface area contributed by atoms with Crippen LogP contribution < -0.4 is 10.6 Å². The van der Waals surface area contributed by atoms with Crippen LogP contribution in [-0.2, 0) is 0 Å². The van der Waals surface area contributed by atoms with E-state index in [4.69, 9.17) is 17.3 Å². The second kappa shape index (κ2) is 5.32. The summed E-state index contributed by atoms with van der Waals surface area (Å²) in [5.41, 5.74) is 8.10. The van der Waals surface area contributed by atoms with Crippen LogP contribution in [0.1, 0.15) is 32.4 Å². The maximum absolute atomic E-state index is 6.40. The molecule has 4 heteroatoms. The van der Waals surface area contributed by atoms with E-state index < -0.39 is 0 Å². The topological polar surface area (TPSA) is 29.3 Å². The lowest BCUT2D eigenvalue weighted by atomic mass is 10.1. The fourth-order valence-electron chi connectivity index (χ4n) is 2.28. The molecule has 0 spiro atoms. The Bertz CT molecular complexity index is 432. The molecule has 2 nitrogen and oxygen atoms in total. The van der Waals surface area contributed by atoms with E-state index in [1.165, 1.54) is 0 Å². The van der Waals surface area contributed by atoms with Crippen LogP contribution in [-0.4, -0.2) is 23.6 Å². The number of hydrogen-bond donors (Lipinski definition) is 1. The van der Waals surface area contributed by atoms with Crippen LogP contribution in [0.3, 0.4) is 0 Å². The Labute approximate surface area is 119 Å². The molecular formula is C14H21ClN2S. The first kappa shape index (κ1) is 14.0. The van der Waals surface area contributed by atoms with E-state index in [9.17, 15) is 0 Å². The van der Waals surface area contributed by atoms with Gasteiger partial charge in [0.25, 0.3) is 0 Å². The molecule has 0 unspecified atom stereocenters. The van der Waals surface area contributed by atoms with E-state index in [0.717, 1.165) is 35.1 Å². The van der Waals surface area contributed by atoms with Gasteiger partial charge in [-0.25, -0.2) is 0 Å². The lowest BCUT2D eigenvalue weighted by Gasteiger charge is -2.39. The van der Waals surface area contributed by atoms with Gasteiger partial charge in [-0.05, 0) is 38.5 Å². The monoisotopic (exact) mass is 284 g/mol. The van der Waals surface area contributed by atoms with E-state index in [0.29, 0.717) is 4.75 Å². The Morgan fingerprint density at radius 1 is 1.44 bits per heavy atom. The summed E-state index contributed by atoms with van der Waals surface area (Å²) in [5.74, 6) is 1.15. The number of halogens is 1. The minimum absolute atomic E-state index is 0.0323. The third-order valence-corrected chi connectivity index (χ3v) is 4.86. The first-order valence-electron chi connectivity index (χ1n) is 6.33. The van der Waals surface area contributed by atoms with Crippen molar-refractivity contribution in [2.45, 2.75) is 31.6 Å². The van der Waals surface area contributed by atoms with Gasteiger partial charge in [0, 0.05) is 29.6 Å². The second-order valence-corrected chi connectivity index (χ2v) is 7.74. The van der Waals surface area contributed by atoms with Crippen molar-refractivity contribution in [3.8, 4) is 0 Å². The predicted molar refractivity (Wildman–Crippen MR) is 82.8 cm³/mol. The van der Waals surface area contributed by atoms with Gasteiger partial charge in [-0.3, -0.25) is 0 Å². The van der Waals surface area contributed by atoms with Crippen LogP contribution in [0, 0.1) is 0 Å². The van der Waals surface area contributed by atoms with Gasteiger partial charge in [-0.1, -0.05) is 17.7 Å². The number of thioether (sulfide) groups is 1. The van der Waals surface area contributed by atoms with Crippen LogP contribution in [0.2, 0.25) is 5.02 Å². The first-order valence-corrected chi connectivity index (χ1v) is 7.69. The van der Waals surface area contributed by atoms with Gasteiger partial charge in [-0.2, -0.15) is 11.8 Å². The number of benzene rings is 1. The maximum atomic E-state index is 6.40. The molecule has 2 rings (SSSR count). The molecular weight excluding hydrogens is 264 g/mol. The zero-order chi connectivity index (χ0) is 13.3. The fourth-order valence-corrected chi connectivity index (χ4v) is 3.70. The number of nitrogens with two attached hydrogens (primary N) is 1. The summed E-state index contributed by atoms with van der Waals surface area (Å²) < 4.78 is 0.293. The third-order valence-electron chi connectivity index (χ3n) is 3.26. The molecule has 0 radical (unpaired) electrons. The average Bonchev–Trinajstić information content (AvgIpc) is 2.27. The van der Waals surface area contributed by atoms with Crippen LogP contribution in [0.15, 0.2) is 18.2 Å². The van der Waals surface area contributed by atoms with Crippen molar-refractivity contribution in [2.75, 3.05) is 23.7 Å². The van der Waals surface area contributed by atoms with Gasteiger partial charge in [0.15, 0.2) is 0 Å². The Morgan fingerprint density at radius 3 is 2.72 bits per heavy atom. The van der Waals surface area contributed by atoms with Crippen molar-refractivity contribution >= 4 is 29.1 Å². The number of hydrogen-bond acceptors (Lipinski definition) is 3. The first-order chi connectivity index (χ1) is 8.39. The van der Waals surface area contributed by atoms with Crippen LogP contribution in [0.4, 0.5) is 5.69 Å². The molecule has 0 aromatic heterocycles. The van der Waals surface area contributed by atoms with E-state index in [2.05, 4.69) is 30.9 Å². The van der Waals surface area contributed by atoms with Crippen molar-refractivity contribution in [3.05, 3.63) is 28.8 Å². The highest BCUT2D eigenvalue weighted by atomic mass is 35.5. The van der Waals surface area contributed by atoms with Crippen LogP contribution in [0.25, 0.3) is 0 Å². The summed E-state index contributed by atoms with van der Waals surface area (Å²) in [5, 5.41) is 0.813. The van der Waals surface area contributed by atoms with Crippen LogP contribution >= 0.6 is 23.4 Å². The summed E-state index contributed by atoms with van der Waals surface area (Å²) in [6.07, 6.45) is 0. The highest BCUT2D eigenvalue weighted by Crippen LogP contribution is 2.35. The van der Waals surface area contributed by atoms with E-state index in [1.54, 1.807) is 0 Å². The molecule has 2 N–H and O–H groups in total. The molecule has 1 heterocycles. The summed E-state index contributed by atoms with van der Waals surface area (Å²) in [6.45, 7) is 8.65. The maximum Gasteiger partial charge on any atom is 0.0642 e. The Hall–Kier alpha value is -0.380. The molecule has 0 bridgehead atoms. The minimum Gasteiger partial charge on any atom is -0.368 e. The summed E-state index contributed by atoms with van der Waals surface area (Å²) >= 11 is 8.42. The van der Waals surface area contributed by atoms with E-state index in [-0.39, 0.29) is 6.04 Å². The molecule has 1 aromatic carbocycles. The van der Waals surface area contributed by atoms with Gasteiger partial charge in [0.1, 0.15) is 0 Å². The quantitative estimate of drug-likeness (QED) is 0.898. The number of anilines is 1. The van der Waals surface area contributed by atoms with Crippen LogP contribution in [0.5, 0.6) is 0 Å². The lowest BCUT2D eigenvalue weighted by Crippen LogP contribution is -2.43. The third kappa shape index (κ3) is 3.14. The van der Waals surface area contributed by atoms with Gasteiger partial charge >= 0.3 is 0 Å². The normalized spacial score (nSPS) is 20.8. The molecule has 0 saturated carbocycles. The smallest absolute Gasteiger partial charge is 0.0642 e. The average molecular weight is 285 g/mol. The molecule has 0 amide bonds. The molecule has 1 saturated heterocycles. The molecule has 1 aromatic rings. The summed E-state index contributed by atoms with van der Waals surface area (Å²) in [4.78, 5) is 2.38. The van der Waals surface area contributed by atoms with Crippen molar-refractivity contribution in [1.29, 1.82) is 0 Å². The Balaban J connectivity index is 2.23. The van der Waals surface area contributed by atoms with Gasteiger partial charge in [-0.15, -0.1) is 0 Å². The van der Waals surface area contributed by atoms with Gasteiger partial charge in [0.2, 0.25) is 0 Å². The van der Waals surface area contributed by atoms with E-state index >= 15 is 0 Å². The molecule has 1 fully saturated rings. The van der Waals surface area contributed by atoms with Crippen molar-refractivity contribution < 1.29 is 0 Å². The number of rotatable bonds is 2. The zero-order valence-electron chi connectivity index (χ0n) is 11.2. The molecule has 1 atom stereocenters. The molecule has 100 valence electrons. The molecule has 1 aliphatic heterocycles.